The summed E-state index contributed by atoms with van der Waals surface area (Å²) in [4.78, 5) is 0. The maximum atomic E-state index is 8.29. The molecule has 0 saturated heterocycles. The molecule has 0 N–H and O–H groups in total. The van der Waals surface area contributed by atoms with Gasteiger partial charge in [-0.05, 0) is 26.0 Å². The predicted octanol–water partition coefficient (Wildman–Crippen LogP) is 2.72. The molecule has 0 radical (unpaired) electrons. The first-order valence-corrected chi connectivity index (χ1v) is 4.05. The zero-order valence-electron chi connectivity index (χ0n) is 7.86. The molecule has 0 aliphatic carbocycles. The monoisotopic (exact) mass is 172 g/mol. The summed E-state index contributed by atoms with van der Waals surface area (Å²) in [6.45, 7) is 3.72. The summed E-state index contributed by atoms with van der Waals surface area (Å²) in [7, 11) is 0. The Morgan fingerprint density at radius 2 is 1.54 bits per heavy atom. The average molecular weight is 172 g/mol. The van der Waals surface area contributed by atoms with E-state index in [4.69, 9.17) is 10.5 Å². The summed E-state index contributed by atoms with van der Waals surface area (Å²) in [5.41, 5.74) is 0.715. The Kier molecular flexibility index (Phi) is 5.93. The van der Waals surface area contributed by atoms with Crippen LogP contribution in [-0.4, -0.2) is 0 Å². The summed E-state index contributed by atoms with van der Waals surface area (Å²) < 4.78 is 0. The fraction of sp³-hybridized carbons (Fsp3) is 0.273. The minimum absolute atomic E-state index is 0.190. The van der Waals surface area contributed by atoms with Gasteiger partial charge in [0.25, 0.3) is 0 Å². The van der Waals surface area contributed by atoms with Gasteiger partial charge in [0, 0.05) is 5.92 Å². The molecule has 1 aromatic carbocycles. The highest BCUT2D eigenvalue weighted by atomic mass is 14.2. The molecule has 1 rings (SSSR count). The fourth-order valence-corrected chi connectivity index (χ4v) is 0.513. The van der Waals surface area contributed by atoms with Gasteiger partial charge in [0.05, 0.1) is 17.7 Å². The van der Waals surface area contributed by atoms with Crippen LogP contribution < -0.4 is 0 Å². The lowest BCUT2D eigenvalue weighted by atomic mass is 10.2. The van der Waals surface area contributed by atoms with Crippen LogP contribution in [0.3, 0.4) is 0 Å². The van der Waals surface area contributed by atoms with Gasteiger partial charge in [0.15, 0.2) is 0 Å². The molecule has 66 valence electrons. The molecule has 0 aliphatic rings. The number of hydrogen-bond acceptors (Lipinski definition) is 2. The van der Waals surface area contributed by atoms with Gasteiger partial charge in [0.2, 0.25) is 0 Å². The van der Waals surface area contributed by atoms with E-state index in [-0.39, 0.29) is 5.92 Å². The van der Waals surface area contributed by atoms with Crippen molar-refractivity contribution in [1.82, 2.24) is 0 Å². The lowest BCUT2D eigenvalue weighted by Crippen LogP contribution is -1.72. The standard InChI is InChI=1S/C7H5N.C4H7N/c8-6-7-4-2-1-3-5-7;1-4(2)3-5/h1-5H;4H,1-2H3. The third-order valence-corrected chi connectivity index (χ3v) is 1.16. The minimum atomic E-state index is 0.190. The van der Waals surface area contributed by atoms with Crippen molar-refractivity contribution in [3.8, 4) is 12.1 Å². The summed E-state index contributed by atoms with van der Waals surface area (Å²) in [5.74, 6) is 0.190. The van der Waals surface area contributed by atoms with Crippen molar-refractivity contribution in [3.63, 3.8) is 0 Å². The first-order valence-electron chi connectivity index (χ1n) is 4.05. The molecule has 0 aliphatic heterocycles. The highest BCUT2D eigenvalue weighted by molar-refractivity contribution is 5.27. The molecule has 2 nitrogen and oxygen atoms in total. The zero-order valence-corrected chi connectivity index (χ0v) is 7.86. The van der Waals surface area contributed by atoms with Crippen LogP contribution in [0.1, 0.15) is 19.4 Å². The second kappa shape index (κ2) is 6.88. The van der Waals surface area contributed by atoms with Gasteiger partial charge in [-0.1, -0.05) is 18.2 Å². The Morgan fingerprint density at radius 1 is 1.08 bits per heavy atom. The smallest absolute Gasteiger partial charge is 0.0991 e. The van der Waals surface area contributed by atoms with Gasteiger partial charge in [-0.3, -0.25) is 0 Å². The molecule has 0 saturated carbocycles. The summed E-state index contributed by atoms with van der Waals surface area (Å²) >= 11 is 0. The van der Waals surface area contributed by atoms with Crippen LogP contribution >= 0.6 is 0 Å². The first kappa shape index (κ1) is 11.2. The summed E-state index contributed by atoms with van der Waals surface area (Å²) in [6.07, 6.45) is 0. The van der Waals surface area contributed by atoms with Crippen LogP contribution in [0.2, 0.25) is 0 Å². The van der Waals surface area contributed by atoms with Crippen LogP contribution in [0.15, 0.2) is 30.3 Å². The van der Waals surface area contributed by atoms with E-state index in [1.807, 2.05) is 44.2 Å². The molecule has 0 atom stereocenters. The second-order valence-electron chi connectivity index (χ2n) is 2.76. The van der Waals surface area contributed by atoms with Crippen LogP contribution in [0.25, 0.3) is 0 Å². The van der Waals surface area contributed by atoms with E-state index in [1.54, 1.807) is 12.1 Å². The van der Waals surface area contributed by atoms with E-state index in [2.05, 4.69) is 0 Å². The van der Waals surface area contributed by atoms with Crippen LogP contribution in [0.4, 0.5) is 0 Å². The van der Waals surface area contributed by atoms with Crippen LogP contribution in [-0.2, 0) is 0 Å². The summed E-state index contributed by atoms with van der Waals surface area (Å²) in [6, 6.07) is 13.2. The lowest BCUT2D eigenvalue weighted by molar-refractivity contribution is 0.849. The van der Waals surface area contributed by atoms with Crippen molar-refractivity contribution in [1.29, 1.82) is 10.5 Å². The Hall–Kier alpha value is -1.80. The quantitative estimate of drug-likeness (QED) is 0.604. The number of benzene rings is 1. The molecule has 0 unspecified atom stereocenters. The van der Waals surface area contributed by atoms with Gasteiger partial charge in [-0.25, -0.2) is 0 Å². The predicted molar refractivity (Wildman–Crippen MR) is 51.6 cm³/mol. The Labute approximate surface area is 79.0 Å². The largest absolute Gasteiger partial charge is 0.198 e. The van der Waals surface area contributed by atoms with Crippen molar-refractivity contribution >= 4 is 0 Å². The van der Waals surface area contributed by atoms with Crippen LogP contribution in [0.5, 0.6) is 0 Å². The van der Waals surface area contributed by atoms with Crippen molar-refractivity contribution < 1.29 is 0 Å². The van der Waals surface area contributed by atoms with E-state index in [0.717, 1.165) is 0 Å². The van der Waals surface area contributed by atoms with Gasteiger partial charge in [0.1, 0.15) is 0 Å². The third kappa shape index (κ3) is 6.59. The fourth-order valence-electron chi connectivity index (χ4n) is 0.513. The maximum Gasteiger partial charge on any atom is 0.0991 e. The molecule has 0 aromatic heterocycles. The number of nitrogens with zero attached hydrogens (tertiary/aromatic N) is 2. The van der Waals surface area contributed by atoms with Crippen molar-refractivity contribution in [2.45, 2.75) is 13.8 Å². The molecule has 0 fully saturated rings. The topological polar surface area (TPSA) is 47.6 Å². The SMILES string of the molecule is CC(C)C#N.N#Cc1ccccc1. The number of hydrogen-bond donors (Lipinski definition) is 0. The van der Waals surface area contributed by atoms with Gasteiger partial charge in [-0.15, -0.1) is 0 Å². The van der Waals surface area contributed by atoms with Crippen molar-refractivity contribution in [2.24, 2.45) is 5.92 Å². The second-order valence-corrected chi connectivity index (χ2v) is 2.76. The van der Waals surface area contributed by atoms with Gasteiger partial charge >= 0.3 is 0 Å². The van der Waals surface area contributed by atoms with Crippen molar-refractivity contribution in [3.05, 3.63) is 35.9 Å². The zero-order chi connectivity index (χ0) is 10.1. The Bertz CT molecular complexity index is 301. The van der Waals surface area contributed by atoms with E-state index in [1.165, 1.54) is 0 Å². The molecule has 0 bridgehead atoms. The van der Waals surface area contributed by atoms with E-state index < -0.39 is 0 Å². The van der Waals surface area contributed by atoms with E-state index in [9.17, 15) is 0 Å². The maximum absolute atomic E-state index is 8.29. The highest BCUT2D eigenvalue weighted by Gasteiger charge is 1.79. The third-order valence-electron chi connectivity index (χ3n) is 1.16. The molecule has 13 heavy (non-hydrogen) atoms. The van der Waals surface area contributed by atoms with Gasteiger partial charge in [-0.2, -0.15) is 10.5 Å². The van der Waals surface area contributed by atoms with E-state index in [0.29, 0.717) is 5.56 Å². The summed E-state index contributed by atoms with van der Waals surface area (Å²) in [5, 5.41) is 16.2. The molecule has 1 aromatic rings. The first-order chi connectivity index (χ1) is 6.20. The molecule has 0 amide bonds. The number of rotatable bonds is 0. The molecule has 0 heterocycles. The normalized spacial score (nSPS) is 7.77. The van der Waals surface area contributed by atoms with E-state index >= 15 is 0 Å². The van der Waals surface area contributed by atoms with Gasteiger partial charge < -0.3 is 0 Å². The Balaban J connectivity index is 0.000000252. The molecular weight excluding hydrogens is 160 g/mol. The van der Waals surface area contributed by atoms with Crippen LogP contribution in [0, 0.1) is 28.6 Å². The molecular formula is C11H12N2. The highest BCUT2D eigenvalue weighted by Crippen LogP contribution is 1.93. The Morgan fingerprint density at radius 3 is 1.77 bits per heavy atom. The molecule has 0 spiro atoms. The lowest BCUT2D eigenvalue weighted by Gasteiger charge is -1.80. The number of nitriles is 2. The minimum Gasteiger partial charge on any atom is -0.198 e. The molecule has 2 heteroatoms. The van der Waals surface area contributed by atoms with Crippen molar-refractivity contribution in [2.75, 3.05) is 0 Å². The average Bonchev–Trinajstić information content (AvgIpc) is 2.20.